The molecular weight excluding hydrogens is 368 g/mol. The Hall–Kier alpha value is -1.85. The van der Waals surface area contributed by atoms with Gasteiger partial charge in [-0.1, -0.05) is 20.8 Å². The number of benzene rings is 1. The third kappa shape index (κ3) is 3.19. The molecule has 5 nitrogen and oxygen atoms in total. The molecule has 4 rings (SSSR count). The highest BCUT2D eigenvalue weighted by atomic mass is 16.5. The van der Waals surface area contributed by atoms with Crippen LogP contribution in [0.1, 0.15) is 53.4 Å². The third-order valence-electron chi connectivity index (χ3n) is 8.26. The van der Waals surface area contributed by atoms with Crippen molar-refractivity contribution in [3.8, 4) is 5.75 Å². The standard InChI is InChI=1S/C24H32O5/c1-22(2)19-9-7-16(24(4,27)23(19,3)12-11-20(22)25)14-28-17-8-5-15-6-10-21(26)29-18(15)13-17/h5-6,8,10,13,16,19-20,25,27H,7,9,11-12,14H2,1-4H3/t16-,19+,20+,23+,24-/m0/s1. The molecule has 0 spiro atoms. The fourth-order valence-electron chi connectivity index (χ4n) is 6.02. The molecule has 2 aromatic rings. The van der Waals surface area contributed by atoms with E-state index in [0.29, 0.717) is 24.4 Å². The van der Waals surface area contributed by atoms with Crippen LogP contribution >= 0.6 is 0 Å². The molecule has 0 saturated heterocycles. The zero-order valence-electron chi connectivity index (χ0n) is 17.8. The summed E-state index contributed by atoms with van der Waals surface area (Å²) in [7, 11) is 0. The fourth-order valence-corrected chi connectivity index (χ4v) is 6.02. The lowest BCUT2D eigenvalue weighted by Crippen LogP contribution is -2.64. The molecule has 5 heteroatoms. The minimum Gasteiger partial charge on any atom is -0.493 e. The van der Waals surface area contributed by atoms with E-state index in [-0.39, 0.29) is 34.4 Å². The Bertz CT molecular complexity index is 959. The Morgan fingerprint density at radius 1 is 1.10 bits per heavy atom. The molecule has 0 amide bonds. The first kappa shape index (κ1) is 20.4. The molecule has 158 valence electrons. The lowest BCUT2D eigenvalue weighted by molar-refractivity contribution is -0.227. The Morgan fingerprint density at radius 2 is 1.83 bits per heavy atom. The number of hydrogen-bond donors (Lipinski definition) is 2. The minimum absolute atomic E-state index is 0.00623. The second-order valence-corrected chi connectivity index (χ2v) is 10.0. The average Bonchev–Trinajstić information content (AvgIpc) is 2.65. The van der Waals surface area contributed by atoms with Crippen LogP contribution in [0, 0.1) is 22.7 Å². The van der Waals surface area contributed by atoms with E-state index < -0.39 is 5.60 Å². The first-order chi connectivity index (χ1) is 13.6. The van der Waals surface area contributed by atoms with Gasteiger partial charge in [0, 0.05) is 23.4 Å². The van der Waals surface area contributed by atoms with Gasteiger partial charge in [-0.05, 0) is 67.6 Å². The summed E-state index contributed by atoms with van der Waals surface area (Å²) in [6.45, 7) is 8.80. The summed E-state index contributed by atoms with van der Waals surface area (Å²) >= 11 is 0. The number of aliphatic hydroxyl groups is 2. The van der Waals surface area contributed by atoms with Crippen LogP contribution in [0.5, 0.6) is 5.75 Å². The zero-order chi connectivity index (χ0) is 21.0. The van der Waals surface area contributed by atoms with Crippen LogP contribution in [0.25, 0.3) is 11.0 Å². The lowest BCUT2D eigenvalue weighted by atomic mass is 9.44. The maximum atomic E-state index is 11.7. The number of fused-ring (bicyclic) bond motifs is 2. The summed E-state index contributed by atoms with van der Waals surface area (Å²) in [5.41, 5.74) is -1.25. The topological polar surface area (TPSA) is 79.9 Å². The second-order valence-electron chi connectivity index (χ2n) is 10.0. The van der Waals surface area contributed by atoms with Crippen molar-refractivity contribution >= 4 is 11.0 Å². The van der Waals surface area contributed by atoms with Crippen molar-refractivity contribution in [1.29, 1.82) is 0 Å². The molecule has 0 unspecified atom stereocenters. The van der Waals surface area contributed by atoms with Crippen LogP contribution in [0.15, 0.2) is 39.5 Å². The summed E-state index contributed by atoms with van der Waals surface area (Å²) in [5, 5.41) is 23.1. The molecule has 5 atom stereocenters. The van der Waals surface area contributed by atoms with Crippen molar-refractivity contribution in [2.75, 3.05) is 6.61 Å². The number of rotatable bonds is 3. The van der Waals surface area contributed by atoms with Crippen LogP contribution in [-0.2, 0) is 0 Å². The fraction of sp³-hybridized carbons (Fsp3) is 0.625. The normalized spacial score (nSPS) is 36.6. The molecule has 0 aliphatic heterocycles. The van der Waals surface area contributed by atoms with Crippen molar-refractivity contribution in [3.05, 3.63) is 40.8 Å². The van der Waals surface area contributed by atoms with Crippen molar-refractivity contribution in [2.45, 2.75) is 65.1 Å². The molecule has 1 heterocycles. The monoisotopic (exact) mass is 400 g/mol. The van der Waals surface area contributed by atoms with Crippen LogP contribution < -0.4 is 10.4 Å². The Kier molecular flexibility index (Phi) is 4.82. The van der Waals surface area contributed by atoms with Crippen LogP contribution in [-0.4, -0.2) is 28.5 Å². The quantitative estimate of drug-likeness (QED) is 0.757. The molecule has 2 aliphatic carbocycles. The summed E-state index contributed by atoms with van der Waals surface area (Å²) in [5.74, 6) is 0.891. The number of aliphatic hydroxyl groups excluding tert-OH is 1. The Balaban J connectivity index is 1.54. The number of hydrogen-bond acceptors (Lipinski definition) is 5. The average molecular weight is 401 g/mol. The van der Waals surface area contributed by atoms with Gasteiger partial charge in [0.25, 0.3) is 0 Å². The Labute approximate surface area is 171 Å². The van der Waals surface area contributed by atoms with Gasteiger partial charge in [-0.2, -0.15) is 0 Å². The molecule has 2 fully saturated rings. The number of ether oxygens (including phenoxy) is 1. The van der Waals surface area contributed by atoms with Crippen molar-refractivity contribution in [2.24, 2.45) is 22.7 Å². The van der Waals surface area contributed by atoms with Gasteiger partial charge in [0.1, 0.15) is 11.3 Å². The molecule has 0 bridgehead atoms. The van der Waals surface area contributed by atoms with E-state index in [1.165, 1.54) is 6.07 Å². The van der Waals surface area contributed by atoms with E-state index >= 15 is 0 Å². The third-order valence-corrected chi connectivity index (χ3v) is 8.26. The summed E-state index contributed by atoms with van der Waals surface area (Å²) in [6.07, 6.45) is 3.03. The molecule has 2 saturated carbocycles. The zero-order valence-corrected chi connectivity index (χ0v) is 17.8. The molecule has 1 aromatic heterocycles. The maximum absolute atomic E-state index is 11.7. The van der Waals surface area contributed by atoms with Crippen molar-refractivity contribution in [3.63, 3.8) is 0 Å². The van der Waals surface area contributed by atoms with Crippen LogP contribution in [0.3, 0.4) is 0 Å². The lowest BCUT2D eigenvalue weighted by Gasteiger charge is -2.63. The highest BCUT2D eigenvalue weighted by molar-refractivity contribution is 5.77. The molecule has 29 heavy (non-hydrogen) atoms. The van der Waals surface area contributed by atoms with Gasteiger partial charge in [0.15, 0.2) is 0 Å². The molecular formula is C24H32O5. The van der Waals surface area contributed by atoms with E-state index in [1.54, 1.807) is 12.1 Å². The summed E-state index contributed by atoms with van der Waals surface area (Å²) < 4.78 is 11.3. The van der Waals surface area contributed by atoms with E-state index in [4.69, 9.17) is 9.15 Å². The smallest absolute Gasteiger partial charge is 0.336 e. The first-order valence-corrected chi connectivity index (χ1v) is 10.6. The van der Waals surface area contributed by atoms with E-state index in [2.05, 4.69) is 20.8 Å². The van der Waals surface area contributed by atoms with E-state index in [9.17, 15) is 15.0 Å². The van der Waals surface area contributed by atoms with Gasteiger partial charge in [0.2, 0.25) is 0 Å². The molecule has 2 aliphatic rings. The highest BCUT2D eigenvalue weighted by Crippen LogP contribution is 2.62. The predicted octanol–water partition coefficient (Wildman–Crippen LogP) is 4.14. The predicted molar refractivity (Wildman–Crippen MR) is 112 cm³/mol. The van der Waals surface area contributed by atoms with E-state index in [1.807, 2.05) is 19.1 Å². The van der Waals surface area contributed by atoms with E-state index in [0.717, 1.165) is 24.6 Å². The van der Waals surface area contributed by atoms with Gasteiger partial charge in [-0.3, -0.25) is 0 Å². The van der Waals surface area contributed by atoms with Crippen molar-refractivity contribution in [1.82, 2.24) is 0 Å². The van der Waals surface area contributed by atoms with Gasteiger partial charge in [0.05, 0.1) is 18.3 Å². The molecule has 1 aromatic carbocycles. The molecule has 2 N–H and O–H groups in total. The second kappa shape index (κ2) is 6.85. The first-order valence-electron chi connectivity index (χ1n) is 10.6. The van der Waals surface area contributed by atoms with Gasteiger partial charge in [-0.15, -0.1) is 0 Å². The minimum atomic E-state index is -0.892. The highest BCUT2D eigenvalue weighted by Gasteiger charge is 2.62. The summed E-state index contributed by atoms with van der Waals surface area (Å²) in [6, 6.07) is 8.61. The molecule has 0 radical (unpaired) electrons. The van der Waals surface area contributed by atoms with Gasteiger partial charge < -0.3 is 19.4 Å². The summed E-state index contributed by atoms with van der Waals surface area (Å²) in [4.78, 5) is 11.5. The SMILES string of the molecule is CC1(C)[C@H](O)CC[C@]2(C)[C@@H]1CC[C@@H](COc1ccc3ccc(=O)oc3c1)[C@]2(C)O. The van der Waals surface area contributed by atoms with Gasteiger partial charge >= 0.3 is 5.63 Å². The van der Waals surface area contributed by atoms with Crippen LogP contribution in [0.2, 0.25) is 0 Å². The van der Waals surface area contributed by atoms with Gasteiger partial charge in [-0.25, -0.2) is 4.79 Å². The maximum Gasteiger partial charge on any atom is 0.336 e. The largest absolute Gasteiger partial charge is 0.493 e. The van der Waals surface area contributed by atoms with Crippen molar-refractivity contribution < 1.29 is 19.4 Å². The van der Waals surface area contributed by atoms with Crippen LogP contribution in [0.4, 0.5) is 0 Å². The Morgan fingerprint density at radius 3 is 2.59 bits per heavy atom.